The maximum Gasteiger partial charge on any atom is 0.313 e. The predicted octanol–water partition coefficient (Wildman–Crippen LogP) is 4.09. The third kappa shape index (κ3) is 6.02. The summed E-state index contributed by atoms with van der Waals surface area (Å²) in [5.41, 5.74) is 0.0609. The lowest BCUT2D eigenvalue weighted by Gasteiger charge is -2.36. The average Bonchev–Trinajstić information content (AvgIpc) is 3.75. The fourth-order valence-corrected chi connectivity index (χ4v) is 7.63. The Labute approximate surface area is 280 Å². The summed E-state index contributed by atoms with van der Waals surface area (Å²) in [5.74, 6) is -3.53. The van der Waals surface area contributed by atoms with E-state index in [0.717, 1.165) is 10.8 Å². The molecular weight excluding hydrogens is 610 g/mol. The number of likely N-dealkylation sites (tertiary alicyclic amines) is 1. The van der Waals surface area contributed by atoms with Gasteiger partial charge < -0.3 is 29.7 Å². The van der Waals surface area contributed by atoms with Crippen LogP contribution in [0.4, 0.5) is 5.69 Å². The summed E-state index contributed by atoms with van der Waals surface area (Å²) in [5, 5.41) is 14.8. The van der Waals surface area contributed by atoms with Gasteiger partial charge in [0.05, 0.1) is 31.1 Å². The summed E-state index contributed by atoms with van der Waals surface area (Å²) < 4.78 is 12.7. The lowest BCUT2D eigenvalue weighted by atomic mass is 9.70. The first kappa shape index (κ1) is 33.1. The third-order valence-corrected chi connectivity index (χ3v) is 9.76. The van der Waals surface area contributed by atoms with Gasteiger partial charge in [0.15, 0.2) is 0 Å². The van der Waals surface area contributed by atoms with Gasteiger partial charge in [-0.15, -0.1) is 13.2 Å². The Morgan fingerprint density at radius 2 is 1.81 bits per heavy atom. The maximum absolute atomic E-state index is 14.7. The van der Waals surface area contributed by atoms with Crippen LogP contribution in [-0.2, 0) is 28.7 Å². The highest BCUT2D eigenvalue weighted by Crippen LogP contribution is 2.59. The van der Waals surface area contributed by atoms with Crippen molar-refractivity contribution in [2.75, 3.05) is 31.1 Å². The lowest BCUT2D eigenvalue weighted by molar-refractivity contribution is -0.160. The van der Waals surface area contributed by atoms with Crippen molar-refractivity contribution in [2.45, 2.75) is 49.5 Å². The van der Waals surface area contributed by atoms with Crippen LogP contribution in [0.3, 0.4) is 0 Å². The van der Waals surface area contributed by atoms with Crippen LogP contribution in [0.1, 0.15) is 37.4 Å². The van der Waals surface area contributed by atoms with E-state index in [1.54, 1.807) is 17.1 Å². The SMILES string of the molecule is C=CCCC(=O)NC[C@@H](OC(=O)[C@@H]1[C@H]2C(=O)N(CCO)[C@H](C(=O)N(CC=C)c3ccc4ccccc4c3)[C@]23CC[C@H]1O3)c1ccccc1. The van der Waals surface area contributed by atoms with E-state index in [9.17, 15) is 24.3 Å². The number of rotatable bonds is 14. The number of carbonyl (C=O) groups is 4. The first-order valence-electron chi connectivity index (χ1n) is 16.5. The van der Waals surface area contributed by atoms with E-state index >= 15 is 0 Å². The number of anilines is 1. The zero-order chi connectivity index (χ0) is 33.8. The van der Waals surface area contributed by atoms with Crippen molar-refractivity contribution in [2.24, 2.45) is 11.8 Å². The number of esters is 1. The summed E-state index contributed by atoms with van der Waals surface area (Å²) in [6.07, 6.45) is 3.50. The number of fused-ring (bicyclic) bond motifs is 2. The predicted molar refractivity (Wildman–Crippen MR) is 181 cm³/mol. The van der Waals surface area contributed by atoms with Crippen molar-refractivity contribution in [3.8, 4) is 0 Å². The van der Waals surface area contributed by atoms with Crippen molar-refractivity contribution in [1.82, 2.24) is 10.2 Å². The van der Waals surface area contributed by atoms with Crippen molar-refractivity contribution in [3.05, 3.63) is 104 Å². The minimum atomic E-state index is -1.27. The molecule has 250 valence electrons. The fraction of sp³-hybridized carbons (Fsp3) is 0.368. The summed E-state index contributed by atoms with van der Waals surface area (Å²) in [7, 11) is 0. The van der Waals surface area contributed by atoms with E-state index in [1.165, 1.54) is 4.90 Å². The molecule has 0 aliphatic carbocycles. The lowest BCUT2D eigenvalue weighted by Crippen LogP contribution is -2.56. The van der Waals surface area contributed by atoms with Gasteiger partial charge in [-0.3, -0.25) is 19.2 Å². The van der Waals surface area contributed by atoms with E-state index in [0.29, 0.717) is 30.5 Å². The molecule has 0 saturated carbocycles. The highest BCUT2D eigenvalue weighted by atomic mass is 16.6. The summed E-state index contributed by atoms with van der Waals surface area (Å²) in [4.78, 5) is 58.3. The molecule has 2 bridgehead atoms. The van der Waals surface area contributed by atoms with Gasteiger partial charge in [0.2, 0.25) is 11.8 Å². The van der Waals surface area contributed by atoms with Crippen LogP contribution in [-0.4, -0.2) is 77.7 Å². The molecule has 3 heterocycles. The van der Waals surface area contributed by atoms with E-state index in [4.69, 9.17) is 9.47 Å². The van der Waals surface area contributed by atoms with Crippen LogP contribution < -0.4 is 10.2 Å². The van der Waals surface area contributed by atoms with Gasteiger partial charge in [-0.1, -0.05) is 72.8 Å². The number of ether oxygens (including phenoxy) is 2. The Morgan fingerprint density at radius 1 is 1.06 bits per heavy atom. The molecule has 3 aliphatic heterocycles. The Morgan fingerprint density at radius 3 is 2.54 bits per heavy atom. The topological polar surface area (TPSA) is 125 Å². The van der Waals surface area contributed by atoms with Crippen molar-refractivity contribution in [1.29, 1.82) is 0 Å². The monoisotopic (exact) mass is 651 g/mol. The van der Waals surface area contributed by atoms with Crippen LogP contribution in [0, 0.1) is 11.8 Å². The number of amides is 3. The fourth-order valence-electron chi connectivity index (χ4n) is 7.63. The summed E-state index contributed by atoms with van der Waals surface area (Å²) in [6.45, 7) is 7.30. The maximum atomic E-state index is 14.7. The number of benzene rings is 3. The second kappa shape index (κ2) is 14.1. The van der Waals surface area contributed by atoms with Crippen molar-refractivity contribution >= 4 is 40.2 Å². The Bertz CT molecular complexity index is 1710. The molecule has 48 heavy (non-hydrogen) atoms. The number of nitrogens with zero attached hydrogens (tertiary/aromatic N) is 2. The molecule has 3 saturated heterocycles. The number of hydrogen-bond acceptors (Lipinski definition) is 7. The van der Waals surface area contributed by atoms with Crippen LogP contribution in [0.15, 0.2) is 98.1 Å². The quantitative estimate of drug-likeness (QED) is 0.199. The highest BCUT2D eigenvalue weighted by molar-refractivity contribution is 6.05. The number of carbonyl (C=O) groups excluding carboxylic acids is 4. The van der Waals surface area contributed by atoms with Crippen LogP contribution in [0.2, 0.25) is 0 Å². The van der Waals surface area contributed by atoms with Crippen LogP contribution >= 0.6 is 0 Å². The van der Waals surface area contributed by atoms with E-state index in [1.807, 2.05) is 72.8 Å². The van der Waals surface area contributed by atoms with E-state index in [2.05, 4.69) is 18.5 Å². The Balaban J connectivity index is 1.29. The molecule has 3 aromatic rings. The molecule has 3 amide bonds. The summed E-state index contributed by atoms with van der Waals surface area (Å²) >= 11 is 0. The number of allylic oxidation sites excluding steroid dienone is 1. The number of β-amino-alcohol motifs (C(OH)–C–C–N with tert-alkyl or cyclic N) is 1. The molecule has 0 unspecified atom stereocenters. The second-order valence-electron chi connectivity index (χ2n) is 12.5. The molecule has 10 nitrogen and oxygen atoms in total. The Kier molecular flexibility index (Phi) is 9.75. The van der Waals surface area contributed by atoms with Gasteiger partial charge >= 0.3 is 5.97 Å². The molecule has 10 heteroatoms. The first-order chi connectivity index (χ1) is 23.3. The van der Waals surface area contributed by atoms with Gasteiger partial charge in [0.25, 0.3) is 5.91 Å². The molecule has 3 aromatic carbocycles. The number of aliphatic hydroxyl groups is 1. The number of nitrogens with one attached hydrogen (secondary N) is 1. The molecule has 3 fully saturated rings. The first-order valence-corrected chi connectivity index (χ1v) is 16.5. The summed E-state index contributed by atoms with van der Waals surface area (Å²) in [6, 6.07) is 21.6. The van der Waals surface area contributed by atoms with Gasteiger partial charge in [-0.05, 0) is 47.7 Å². The zero-order valence-electron chi connectivity index (χ0n) is 26.8. The largest absolute Gasteiger partial charge is 0.455 e. The standard InChI is InChI=1S/C38H41N3O7/c1-3-5-15-31(43)39-24-30(26-12-7-6-8-13-26)47-37(46)32-29-18-19-38(48-29)33(32)35(44)41(21-22-42)34(38)36(45)40(20-4-2)28-17-16-25-11-9-10-14-27(25)23-28/h3-4,6-14,16-17,23,29-30,32-34,42H,1-2,5,15,18-22,24H2,(H,39,43)/t29-,30-,32+,33+,34-,38+/m1/s1. The van der Waals surface area contributed by atoms with Crippen LogP contribution in [0.5, 0.6) is 0 Å². The van der Waals surface area contributed by atoms with Crippen molar-refractivity contribution in [3.63, 3.8) is 0 Å². The molecule has 0 aromatic heterocycles. The molecule has 3 aliphatic rings. The smallest absolute Gasteiger partial charge is 0.313 e. The van der Waals surface area contributed by atoms with Crippen molar-refractivity contribution < 1.29 is 33.8 Å². The minimum Gasteiger partial charge on any atom is -0.455 e. The average molecular weight is 652 g/mol. The Hall–Kier alpha value is -4.80. The number of hydrogen-bond donors (Lipinski definition) is 2. The molecule has 1 spiro atoms. The minimum absolute atomic E-state index is 0.0494. The highest BCUT2D eigenvalue weighted by Gasteiger charge is 2.75. The molecule has 0 radical (unpaired) electrons. The normalized spacial score (nSPS) is 24.6. The molecule has 2 N–H and O–H groups in total. The van der Waals surface area contributed by atoms with Crippen LogP contribution in [0.25, 0.3) is 10.8 Å². The van der Waals surface area contributed by atoms with E-state index < -0.39 is 47.6 Å². The van der Waals surface area contributed by atoms with Gasteiger partial charge in [-0.25, -0.2) is 0 Å². The number of aliphatic hydroxyl groups excluding tert-OH is 1. The molecule has 6 atom stereocenters. The van der Waals surface area contributed by atoms with E-state index in [-0.39, 0.29) is 44.5 Å². The zero-order valence-corrected chi connectivity index (χ0v) is 26.8. The second-order valence-corrected chi connectivity index (χ2v) is 12.5. The molecular formula is C38H41N3O7. The molecule has 6 rings (SSSR count). The van der Waals surface area contributed by atoms with Gasteiger partial charge in [0, 0.05) is 25.2 Å². The van der Waals surface area contributed by atoms with Gasteiger partial charge in [0.1, 0.15) is 17.7 Å². The third-order valence-electron chi connectivity index (χ3n) is 9.76. The van der Waals surface area contributed by atoms with Gasteiger partial charge in [-0.2, -0.15) is 0 Å².